The Labute approximate surface area is 87.2 Å². The molecule has 4 heteroatoms. The van der Waals surface area contributed by atoms with Crippen LogP contribution in [-0.2, 0) is 9.84 Å². The first kappa shape index (κ1) is 12.0. The molecule has 0 bridgehead atoms. The van der Waals surface area contributed by atoms with Crippen molar-refractivity contribution in [3.05, 3.63) is 0 Å². The van der Waals surface area contributed by atoms with Gasteiger partial charge in [-0.3, -0.25) is 0 Å². The largest absolute Gasteiger partial charge is 0.314 e. The lowest BCUT2D eigenvalue weighted by Gasteiger charge is -2.19. The number of rotatable bonds is 4. The third-order valence-electron chi connectivity index (χ3n) is 3.06. The van der Waals surface area contributed by atoms with Crippen molar-refractivity contribution in [3.8, 4) is 0 Å². The van der Waals surface area contributed by atoms with Crippen molar-refractivity contribution in [3.63, 3.8) is 0 Å². The zero-order valence-corrected chi connectivity index (χ0v) is 10.1. The Morgan fingerprint density at radius 1 is 1.36 bits per heavy atom. The Morgan fingerprint density at radius 3 is 2.43 bits per heavy atom. The standard InChI is InChI=1S/C10H21NO2S/c1-8(2)9(3)11-6-10-4-5-14(12,13)7-10/h8-11H,4-7H2,1-3H3. The normalized spacial score (nSPS) is 28.1. The summed E-state index contributed by atoms with van der Waals surface area (Å²) >= 11 is 0. The Kier molecular flexibility index (Phi) is 3.95. The topological polar surface area (TPSA) is 46.2 Å². The number of sulfone groups is 1. The molecule has 1 aliphatic heterocycles. The van der Waals surface area contributed by atoms with Gasteiger partial charge in [0, 0.05) is 6.04 Å². The molecule has 1 saturated heterocycles. The number of hydrogen-bond donors (Lipinski definition) is 1. The van der Waals surface area contributed by atoms with Crippen molar-refractivity contribution < 1.29 is 8.42 Å². The highest BCUT2D eigenvalue weighted by atomic mass is 32.2. The van der Waals surface area contributed by atoms with Gasteiger partial charge >= 0.3 is 0 Å². The summed E-state index contributed by atoms with van der Waals surface area (Å²) in [6.45, 7) is 7.33. The van der Waals surface area contributed by atoms with Crippen LogP contribution in [0.1, 0.15) is 27.2 Å². The highest BCUT2D eigenvalue weighted by Crippen LogP contribution is 2.17. The second-order valence-corrected chi connectivity index (χ2v) is 6.94. The quantitative estimate of drug-likeness (QED) is 0.769. The van der Waals surface area contributed by atoms with Crippen LogP contribution in [-0.4, -0.2) is 32.5 Å². The summed E-state index contributed by atoms with van der Waals surface area (Å²) < 4.78 is 22.4. The molecule has 0 aromatic carbocycles. The average Bonchev–Trinajstić information content (AvgIpc) is 2.41. The fourth-order valence-corrected chi connectivity index (χ4v) is 3.48. The van der Waals surface area contributed by atoms with Gasteiger partial charge in [-0.1, -0.05) is 13.8 Å². The van der Waals surface area contributed by atoms with Gasteiger partial charge in [0.15, 0.2) is 9.84 Å². The van der Waals surface area contributed by atoms with E-state index in [1.807, 2.05) is 0 Å². The van der Waals surface area contributed by atoms with E-state index in [0.717, 1.165) is 13.0 Å². The van der Waals surface area contributed by atoms with Crippen LogP contribution in [0.3, 0.4) is 0 Å². The van der Waals surface area contributed by atoms with Crippen LogP contribution in [0.5, 0.6) is 0 Å². The van der Waals surface area contributed by atoms with E-state index < -0.39 is 9.84 Å². The highest BCUT2D eigenvalue weighted by Gasteiger charge is 2.27. The van der Waals surface area contributed by atoms with Crippen LogP contribution in [0.15, 0.2) is 0 Å². The molecule has 1 heterocycles. The molecule has 1 fully saturated rings. The summed E-state index contributed by atoms with van der Waals surface area (Å²) in [4.78, 5) is 0. The maximum Gasteiger partial charge on any atom is 0.150 e. The summed E-state index contributed by atoms with van der Waals surface area (Å²) in [5, 5.41) is 3.40. The maximum atomic E-state index is 11.2. The van der Waals surface area contributed by atoms with E-state index in [9.17, 15) is 8.42 Å². The lowest BCUT2D eigenvalue weighted by Crippen LogP contribution is -2.35. The summed E-state index contributed by atoms with van der Waals surface area (Å²) in [6, 6.07) is 0.471. The SMILES string of the molecule is CC(C)C(C)NCC1CCS(=O)(=O)C1. The van der Waals surface area contributed by atoms with Gasteiger partial charge in [-0.25, -0.2) is 8.42 Å². The van der Waals surface area contributed by atoms with E-state index in [1.54, 1.807) is 0 Å². The van der Waals surface area contributed by atoms with Gasteiger partial charge in [0.1, 0.15) is 0 Å². The first-order chi connectivity index (χ1) is 6.41. The zero-order chi connectivity index (χ0) is 10.8. The molecule has 0 saturated carbocycles. The first-order valence-corrected chi connectivity index (χ1v) is 7.16. The van der Waals surface area contributed by atoms with Crippen LogP contribution in [0.25, 0.3) is 0 Å². The number of hydrogen-bond acceptors (Lipinski definition) is 3. The Hall–Kier alpha value is -0.0900. The Balaban J connectivity index is 2.27. The van der Waals surface area contributed by atoms with Gasteiger partial charge in [-0.05, 0) is 31.7 Å². The summed E-state index contributed by atoms with van der Waals surface area (Å²) in [5.41, 5.74) is 0. The van der Waals surface area contributed by atoms with E-state index in [0.29, 0.717) is 29.4 Å². The first-order valence-electron chi connectivity index (χ1n) is 5.34. The van der Waals surface area contributed by atoms with Crippen LogP contribution in [0.4, 0.5) is 0 Å². The van der Waals surface area contributed by atoms with Crippen molar-refractivity contribution >= 4 is 9.84 Å². The van der Waals surface area contributed by atoms with E-state index in [2.05, 4.69) is 26.1 Å². The lowest BCUT2D eigenvalue weighted by molar-refractivity contribution is 0.394. The molecule has 14 heavy (non-hydrogen) atoms. The molecule has 84 valence electrons. The van der Waals surface area contributed by atoms with Gasteiger partial charge in [0.05, 0.1) is 11.5 Å². The van der Waals surface area contributed by atoms with Crippen molar-refractivity contribution in [1.82, 2.24) is 5.32 Å². The predicted molar refractivity (Wildman–Crippen MR) is 59.1 cm³/mol. The monoisotopic (exact) mass is 219 g/mol. The molecule has 0 spiro atoms. The van der Waals surface area contributed by atoms with E-state index in [1.165, 1.54) is 0 Å². The molecular formula is C10H21NO2S. The molecule has 3 nitrogen and oxygen atoms in total. The predicted octanol–water partition coefficient (Wildman–Crippen LogP) is 1.06. The molecule has 1 aliphatic rings. The summed E-state index contributed by atoms with van der Waals surface area (Å²) in [5.74, 6) is 1.70. The zero-order valence-electron chi connectivity index (χ0n) is 9.29. The lowest BCUT2D eigenvalue weighted by atomic mass is 10.0. The average molecular weight is 219 g/mol. The van der Waals surface area contributed by atoms with Crippen LogP contribution >= 0.6 is 0 Å². The highest BCUT2D eigenvalue weighted by molar-refractivity contribution is 7.91. The molecule has 0 radical (unpaired) electrons. The second kappa shape index (κ2) is 4.62. The van der Waals surface area contributed by atoms with Crippen molar-refractivity contribution in [2.24, 2.45) is 11.8 Å². The minimum absolute atomic E-state index is 0.334. The van der Waals surface area contributed by atoms with Gasteiger partial charge < -0.3 is 5.32 Å². The van der Waals surface area contributed by atoms with Gasteiger partial charge in [-0.2, -0.15) is 0 Å². The minimum Gasteiger partial charge on any atom is -0.314 e. The summed E-state index contributed by atoms with van der Waals surface area (Å²) in [7, 11) is -2.70. The van der Waals surface area contributed by atoms with Gasteiger partial charge in [0.2, 0.25) is 0 Å². The van der Waals surface area contributed by atoms with Gasteiger partial charge in [0.25, 0.3) is 0 Å². The van der Waals surface area contributed by atoms with Gasteiger partial charge in [-0.15, -0.1) is 0 Å². The molecule has 0 amide bonds. The molecule has 1 N–H and O–H groups in total. The maximum absolute atomic E-state index is 11.2. The fourth-order valence-electron chi connectivity index (χ4n) is 1.62. The third kappa shape index (κ3) is 3.58. The smallest absolute Gasteiger partial charge is 0.150 e. The Bertz CT molecular complexity index is 272. The van der Waals surface area contributed by atoms with E-state index in [-0.39, 0.29) is 0 Å². The molecule has 0 aliphatic carbocycles. The number of nitrogens with one attached hydrogen (secondary N) is 1. The van der Waals surface area contributed by atoms with Crippen molar-refractivity contribution in [1.29, 1.82) is 0 Å². The third-order valence-corrected chi connectivity index (χ3v) is 4.89. The fraction of sp³-hybridized carbons (Fsp3) is 1.00. The van der Waals surface area contributed by atoms with Crippen LogP contribution in [0.2, 0.25) is 0 Å². The molecule has 2 unspecified atom stereocenters. The van der Waals surface area contributed by atoms with E-state index in [4.69, 9.17) is 0 Å². The minimum atomic E-state index is -2.70. The van der Waals surface area contributed by atoms with Crippen molar-refractivity contribution in [2.45, 2.75) is 33.2 Å². The molecule has 2 atom stereocenters. The molecular weight excluding hydrogens is 198 g/mol. The molecule has 0 aromatic heterocycles. The molecule has 0 aromatic rings. The Morgan fingerprint density at radius 2 is 2.00 bits per heavy atom. The second-order valence-electron chi connectivity index (χ2n) is 4.71. The molecule has 1 rings (SSSR count). The van der Waals surface area contributed by atoms with Crippen LogP contribution < -0.4 is 5.32 Å². The van der Waals surface area contributed by atoms with Crippen LogP contribution in [0, 0.1) is 11.8 Å². The van der Waals surface area contributed by atoms with Crippen molar-refractivity contribution in [2.75, 3.05) is 18.1 Å². The summed E-state index contributed by atoms with van der Waals surface area (Å²) in [6.07, 6.45) is 0.833. The van der Waals surface area contributed by atoms with E-state index >= 15 is 0 Å².